The smallest absolute Gasteiger partial charge is 0.236 e. The highest BCUT2D eigenvalue weighted by atomic mass is 35.5. The minimum atomic E-state index is 0.296. The number of carbonyl (C=O) groups is 1. The Kier molecular flexibility index (Phi) is 6.08. The Balaban J connectivity index is 1.27. The highest BCUT2D eigenvalue weighted by molar-refractivity contribution is 7.13. The zero-order valence-electron chi connectivity index (χ0n) is 15.4. The van der Waals surface area contributed by atoms with Gasteiger partial charge in [-0.15, -0.1) is 11.3 Å². The fourth-order valence-electron chi connectivity index (χ4n) is 3.73. The molecule has 0 unspecified atom stereocenters. The summed E-state index contributed by atoms with van der Waals surface area (Å²) in [5.41, 5.74) is 2.09. The van der Waals surface area contributed by atoms with Gasteiger partial charge in [0.2, 0.25) is 5.91 Å². The molecule has 2 aliphatic heterocycles. The summed E-state index contributed by atoms with van der Waals surface area (Å²) in [7, 11) is 0. The summed E-state index contributed by atoms with van der Waals surface area (Å²) < 4.78 is 0. The van der Waals surface area contributed by atoms with Gasteiger partial charge in [0.1, 0.15) is 5.01 Å². The standard InChI is InChI=1S/C20H25ClN4OS/c21-18-6-2-1-5-17(18)20-22-16(15-27-20)13-23-9-11-24(12-10-23)14-19(26)25-7-3-4-8-25/h1-2,5-6,15H,3-4,7-14H2. The van der Waals surface area contributed by atoms with E-state index in [4.69, 9.17) is 16.6 Å². The Labute approximate surface area is 169 Å². The second kappa shape index (κ2) is 8.69. The SMILES string of the molecule is O=C(CN1CCN(Cc2csc(-c3ccccc3Cl)n2)CC1)N1CCCC1. The predicted molar refractivity (Wildman–Crippen MR) is 110 cm³/mol. The molecule has 2 aromatic rings. The molecule has 0 spiro atoms. The van der Waals surface area contributed by atoms with E-state index in [9.17, 15) is 4.79 Å². The van der Waals surface area contributed by atoms with Gasteiger partial charge in [0.25, 0.3) is 0 Å². The Morgan fingerprint density at radius 2 is 1.74 bits per heavy atom. The Morgan fingerprint density at radius 1 is 1.04 bits per heavy atom. The van der Waals surface area contributed by atoms with Gasteiger partial charge in [-0.3, -0.25) is 14.6 Å². The van der Waals surface area contributed by atoms with Crippen LogP contribution in [0.3, 0.4) is 0 Å². The van der Waals surface area contributed by atoms with Crippen molar-refractivity contribution in [3.05, 3.63) is 40.4 Å². The van der Waals surface area contributed by atoms with Crippen molar-refractivity contribution >= 4 is 28.8 Å². The topological polar surface area (TPSA) is 39.7 Å². The van der Waals surface area contributed by atoms with E-state index in [1.807, 2.05) is 29.2 Å². The van der Waals surface area contributed by atoms with Crippen molar-refractivity contribution in [3.63, 3.8) is 0 Å². The van der Waals surface area contributed by atoms with Crippen LogP contribution in [0.2, 0.25) is 5.02 Å². The van der Waals surface area contributed by atoms with Gasteiger partial charge in [-0.05, 0) is 18.9 Å². The average molecular weight is 405 g/mol. The van der Waals surface area contributed by atoms with Crippen LogP contribution in [0.5, 0.6) is 0 Å². The molecule has 5 nitrogen and oxygen atoms in total. The normalized spacial score (nSPS) is 18.9. The number of aromatic nitrogens is 1. The Hall–Kier alpha value is -1.47. The third kappa shape index (κ3) is 4.69. The molecule has 7 heteroatoms. The van der Waals surface area contributed by atoms with E-state index in [1.54, 1.807) is 11.3 Å². The lowest BCUT2D eigenvalue weighted by Gasteiger charge is -2.34. The zero-order chi connectivity index (χ0) is 18.6. The first kappa shape index (κ1) is 18.9. The molecule has 27 heavy (non-hydrogen) atoms. The molecule has 2 saturated heterocycles. The molecule has 4 rings (SSSR count). The molecule has 0 aliphatic carbocycles. The van der Waals surface area contributed by atoms with Crippen LogP contribution >= 0.6 is 22.9 Å². The van der Waals surface area contributed by atoms with Gasteiger partial charge in [-0.1, -0.05) is 29.8 Å². The third-order valence-corrected chi connectivity index (χ3v) is 6.58. The van der Waals surface area contributed by atoms with E-state index in [2.05, 4.69) is 15.2 Å². The summed E-state index contributed by atoms with van der Waals surface area (Å²) in [5, 5.41) is 3.85. The number of piperazine rings is 1. The quantitative estimate of drug-likeness (QED) is 0.767. The van der Waals surface area contributed by atoms with E-state index in [0.29, 0.717) is 12.5 Å². The largest absolute Gasteiger partial charge is 0.342 e. The number of rotatable bonds is 5. The van der Waals surface area contributed by atoms with Crippen molar-refractivity contribution in [1.29, 1.82) is 0 Å². The van der Waals surface area contributed by atoms with E-state index < -0.39 is 0 Å². The van der Waals surface area contributed by atoms with Crippen molar-refractivity contribution in [3.8, 4) is 10.6 Å². The summed E-state index contributed by atoms with van der Waals surface area (Å²) in [5.74, 6) is 0.296. The molecule has 2 fully saturated rings. The van der Waals surface area contributed by atoms with Crippen LogP contribution in [0.15, 0.2) is 29.6 Å². The third-order valence-electron chi connectivity index (χ3n) is 5.32. The monoisotopic (exact) mass is 404 g/mol. The minimum absolute atomic E-state index is 0.296. The van der Waals surface area contributed by atoms with Crippen LogP contribution in [0.1, 0.15) is 18.5 Å². The van der Waals surface area contributed by atoms with Gasteiger partial charge in [-0.2, -0.15) is 0 Å². The zero-order valence-corrected chi connectivity index (χ0v) is 17.0. The first-order chi connectivity index (χ1) is 13.2. The van der Waals surface area contributed by atoms with Gasteiger partial charge in [0.05, 0.1) is 17.3 Å². The van der Waals surface area contributed by atoms with Gasteiger partial charge in [0, 0.05) is 56.8 Å². The van der Waals surface area contributed by atoms with Gasteiger partial charge in [-0.25, -0.2) is 4.98 Å². The van der Waals surface area contributed by atoms with Crippen LogP contribution in [0, 0.1) is 0 Å². The fourth-order valence-corrected chi connectivity index (χ4v) is 4.86. The number of amides is 1. The van der Waals surface area contributed by atoms with Gasteiger partial charge >= 0.3 is 0 Å². The van der Waals surface area contributed by atoms with E-state index in [1.165, 1.54) is 0 Å². The molecule has 0 saturated carbocycles. The summed E-state index contributed by atoms with van der Waals surface area (Å²) in [6, 6.07) is 7.85. The lowest BCUT2D eigenvalue weighted by atomic mass is 10.2. The van der Waals surface area contributed by atoms with Crippen molar-refractivity contribution in [1.82, 2.24) is 19.7 Å². The number of carbonyl (C=O) groups excluding carboxylic acids is 1. The highest BCUT2D eigenvalue weighted by Gasteiger charge is 2.23. The Bertz CT molecular complexity index is 782. The molecular formula is C20H25ClN4OS. The number of halogens is 1. The molecule has 144 valence electrons. The van der Waals surface area contributed by atoms with Crippen molar-refractivity contribution in [2.75, 3.05) is 45.8 Å². The molecule has 2 aliphatic rings. The molecule has 0 radical (unpaired) electrons. The van der Waals surface area contributed by atoms with Gasteiger partial charge < -0.3 is 4.90 Å². The van der Waals surface area contributed by atoms with Crippen LogP contribution in [0.4, 0.5) is 0 Å². The maximum absolute atomic E-state index is 12.3. The molecule has 0 atom stereocenters. The number of benzene rings is 1. The summed E-state index contributed by atoms with van der Waals surface area (Å²) >= 11 is 7.93. The molecule has 0 bridgehead atoms. The van der Waals surface area contributed by atoms with Crippen molar-refractivity contribution in [2.24, 2.45) is 0 Å². The van der Waals surface area contributed by atoms with Crippen LogP contribution < -0.4 is 0 Å². The lowest BCUT2D eigenvalue weighted by molar-refractivity contribution is -0.131. The second-order valence-electron chi connectivity index (χ2n) is 7.26. The molecule has 3 heterocycles. The summed E-state index contributed by atoms with van der Waals surface area (Å²) in [6.45, 7) is 7.16. The average Bonchev–Trinajstić information content (AvgIpc) is 3.36. The van der Waals surface area contributed by atoms with Crippen LogP contribution in [-0.4, -0.2) is 71.4 Å². The lowest BCUT2D eigenvalue weighted by Crippen LogP contribution is -2.49. The minimum Gasteiger partial charge on any atom is -0.342 e. The first-order valence-corrected chi connectivity index (χ1v) is 10.9. The maximum Gasteiger partial charge on any atom is 0.236 e. The number of thiazole rings is 1. The number of hydrogen-bond donors (Lipinski definition) is 0. The van der Waals surface area contributed by atoms with E-state index in [0.717, 1.165) is 79.9 Å². The molecule has 1 amide bonds. The molecule has 0 N–H and O–H groups in total. The number of hydrogen-bond acceptors (Lipinski definition) is 5. The summed E-state index contributed by atoms with van der Waals surface area (Å²) in [6.07, 6.45) is 2.31. The van der Waals surface area contributed by atoms with Gasteiger partial charge in [0.15, 0.2) is 0 Å². The number of likely N-dealkylation sites (tertiary alicyclic amines) is 1. The van der Waals surface area contributed by atoms with Crippen molar-refractivity contribution in [2.45, 2.75) is 19.4 Å². The fraction of sp³-hybridized carbons (Fsp3) is 0.500. The molecule has 1 aromatic carbocycles. The molecule has 1 aromatic heterocycles. The first-order valence-electron chi connectivity index (χ1n) is 9.61. The Morgan fingerprint density at radius 3 is 2.48 bits per heavy atom. The van der Waals surface area contributed by atoms with Crippen LogP contribution in [-0.2, 0) is 11.3 Å². The van der Waals surface area contributed by atoms with Crippen molar-refractivity contribution < 1.29 is 4.79 Å². The van der Waals surface area contributed by atoms with E-state index in [-0.39, 0.29) is 0 Å². The maximum atomic E-state index is 12.3. The predicted octanol–water partition coefficient (Wildman–Crippen LogP) is 3.20. The van der Waals surface area contributed by atoms with Crippen LogP contribution in [0.25, 0.3) is 10.6 Å². The summed E-state index contributed by atoms with van der Waals surface area (Å²) in [4.78, 5) is 23.8. The molecular weight excluding hydrogens is 380 g/mol. The highest BCUT2D eigenvalue weighted by Crippen LogP contribution is 2.30. The number of nitrogens with zero attached hydrogens (tertiary/aromatic N) is 4. The second-order valence-corrected chi connectivity index (χ2v) is 8.53. The van der Waals surface area contributed by atoms with E-state index >= 15 is 0 Å².